The quantitative estimate of drug-likeness (QED) is 0.635. The Morgan fingerprint density at radius 3 is 2.50 bits per heavy atom. The number of hydrogen-bond donors (Lipinski definition) is 2. The summed E-state index contributed by atoms with van der Waals surface area (Å²) in [6.45, 7) is 0.661. The molecular weight excluding hydrogens is 165 g/mol. The molecule has 70 valence electrons. The van der Waals surface area contributed by atoms with Gasteiger partial charge in [-0.25, -0.2) is 4.79 Å². The fourth-order valence-corrected chi connectivity index (χ4v) is 0.784. The number of carbonyl (C=O) groups excluding carboxylic acids is 1. The average molecular weight is 177 g/mol. The van der Waals surface area contributed by atoms with E-state index in [-0.39, 0.29) is 12.8 Å². The van der Waals surface area contributed by atoms with Crippen molar-refractivity contribution in [1.82, 2.24) is 5.32 Å². The predicted molar refractivity (Wildman–Crippen MR) is 40.4 cm³/mol. The summed E-state index contributed by atoms with van der Waals surface area (Å²) in [4.78, 5) is 20.9. The van der Waals surface area contributed by atoms with E-state index in [2.05, 4.69) is 5.32 Å². The standard InChI is InChI=1S/C7H12FNO3/c1-5(10)9-6(7(11)12)3-2-4-8/h6H,2-4H2,1H3,(H,9,10)(H,11,12). The molecule has 1 unspecified atom stereocenters. The number of carboxylic acids is 1. The molecule has 1 amide bonds. The summed E-state index contributed by atoms with van der Waals surface area (Å²) in [5.41, 5.74) is 0. The molecule has 0 aliphatic rings. The molecule has 0 fully saturated rings. The molecule has 0 aliphatic heterocycles. The minimum absolute atomic E-state index is 0.130. The van der Waals surface area contributed by atoms with Crippen LogP contribution in [-0.4, -0.2) is 29.7 Å². The Balaban J connectivity index is 3.87. The van der Waals surface area contributed by atoms with Crippen molar-refractivity contribution in [2.45, 2.75) is 25.8 Å². The fraction of sp³-hybridized carbons (Fsp3) is 0.714. The van der Waals surface area contributed by atoms with Crippen molar-refractivity contribution >= 4 is 11.9 Å². The number of halogens is 1. The summed E-state index contributed by atoms with van der Waals surface area (Å²) < 4.78 is 11.6. The molecule has 2 N–H and O–H groups in total. The van der Waals surface area contributed by atoms with E-state index in [1.54, 1.807) is 0 Å². The fourth-order valence-electron chi connectivity index (χ4n) is 0.784. The van der Waals surface area contributed by atoms with Crippen molar-refractivity contribution < 1.29 is 19.1 Å². The Kier molecular flexibility index (Phi) is 4.99. The SMILES string of the molecule is CC(=O)NC(CCCF)C(=O)O. The second kappa shape index (κ2) is 5.51. The van der Waals surface area contributed by atoms with Crippen LogP contribution in [0.15, 0.2) is 0 Å². The Hall–Kier alpha value is -1.13. The van der Waals surface area contributed by atoms with E-state index in [0.717, 1.165) is 0 Å². The highest BCUT2D eigenvalue weighted by Gasteiger charge is 2.16. The van der Waals surface area contributed by atoms with Gasteiger partial charge in [-0.3, -0.25) is 9.18 Å². The Bertz CT molecular complexity index is 172. The first-order valence-electron chi connectivity index (χ1n) is 3.63. The van der Waals surface area contributed by atoms with Crippen molar-refractivity contribution in [2.24, 2.45) is 0 Å². The first-order chi connectivity index (χ1) is 5.57. The van der Waals surface area contributed by atoms with E-state index in [9.17, 15) is 14.0 Å². The monoisotopic (exact) mass is 177 g/mol. The minimum Gasteiger partial charge on any atom is -0.480 e. The molecule has 0 heterocycles. The minimum atomic E-state index is -1.13. The van der Waals surface area contributed by atoms with Crippen LogP contribution in [0.25, 0.3) is 0 Å². The van der Waals surface area contributed by atoms with Gasteiger partial charge in [-0.1, -0.05) is 0 Å². The molecule has 0 rings (SSSR count). The Morgan fingerprint density at radius 2 is 2.17 bits per heavy atom. The van der Waals surface area contributed by atoms with Gasteiger partial charge in [-0.2, -0.15) is 0 Å². The number of carbonyl (C=O) groups is 2. The molecule has 0 saturated carbocycles. The molecule has 5 heteroatoms. The van der Waals surface area contributed by atoms with Gasteiger partial charge in [-0.15, -0.1) is 0 Å². The number of hydrogen-bond acceptors (Lipinski definition) is 2. The maximum absolute atomic E-state index is 11.6. The molecule has 1 atom stereocenters. The second-order valence-electron chi connectivity index (χ2n) is 2.42. The van der Waals surface area contributed by atoms with Crippen molar-refractivity contribution in [3.63, 3.8) is 0 Å². The van der Waals surface area contributed by atoms with Crippen molar-refractivity contribution in [3.05, 3.63) is 0 Å². The summed E-state index contributed by atoms with van der Waals surface area (Å²) in [5.74, 6) is -1.54. The predicted octanol–water partition coefficient (Wildman–Crippen LogP) is 0.325. The van der Waals surface area contributed by atoms with Crippen molar-refractivity contribution in [3.8, 4) is 0 Å². The van der Waals surface area contributed by atoms with Crippen LogP contribution in [0.5, 0.6) is 0 Å². The highest BCUT2D eigenvalue weighted by atomic mass is 19.1. The molecule has 4 nitrogen and oxygen atoms in total. The van der Waals surface area contributed by atoms with Crippen LogP contribution >= 0.6 is 0 Å². The zero-order chi connectivity index (χ0) is 9.56. The summed E-state index contributed by atoms with van der Waals surface area (Å²) >= 11 is 0. The number of amides is 1. The molecule has 0 aromatic heterocycles. The van der Waals surface area contributed by atoms with Gasteiger partial charge in [0.1, 0.15) is 6.04 Å². The molecule has 0 spiro atoms. The second-order valence-corrected chi connectivity index (χ2v) is 2.42. The lowest BCUT2D eigenvalue weighted by Crippen LogP contribution is -2.39. The number of rotatable bonds is 5. The van der Waals surface area contributed by atoms with Crippen molar-refractivity contribution in [1.29, 1.82) is 0 Å². The van der Waals surface area contributed by atoms with Gasteiger partial charge < -0.3 is 10.4 Å². The van der Waals surface area contributed by atoms with Crippen LogP contribution in [0.1, 0.15) is 19.8 Å². The summed E-state index contributed by atoms with van der Waals surface area (Å²) in [6.07, 6.45) is 0.280. The van der Waals surface area contributed by atoms with E-state index < -0.39 is 24.6 Å². The summed E-state index contributed by atoms with van der Waals surface area (Å²) in [7, 11) is 0. The number of carboxylic acid groups (broad SMARTS) is 1. The van der Waals surface area contributed by atoms with Crippen LogP contribution in [0.3, 0.4) is 0 Å². The van der Waals surface area contributed by atoms with Crippen LogP contribution in [0.4, 0.5) is 4.39 Å². The zero-order valence-corrected chi connectivity index (χ0v) is 6.84. The highest BCUT2D eigenvalue weighted by Crippen LogP contribution is 1.97. The van der Waals surface area contributed by atoms with Gasteiger partial charge in [0.2, 0.25) is 5.91 Å². The van der Waals surface area contributed by atoms with Gasteiger partial charge >= 0.3 is 5.97 Å². The summed E-state index contributed by atoms with van der Waals surface area (Å²) in [6, 6.07) is -0.960. The first kappa shape index (κ1) is 10.9. The molecule has 0 bridgehead atoms. The Morgan fingerprint density at radius 1 is 1.58 bits per heavy atom. The van der Waals surface area contributed by atoms with Crippen LogP contribution in [-0.2, 0) is 9.59 Å². The molecule has 0 aromatic rings. The number of alkyl halides is 1. The average Bonchev–Trinajstić information content (AvgIpc) is 1.96. The van der Waals surface area contributed by atoms with Crippen molar-refractivity contribution in [2.75, 3.05) is 6.67 Å². The molecule has 0 radical (unpaired) electrons. The first-order valence-corrected chi connectivity index (χ1v) is 3.63. The van der Waals surface area contributed by atoms with Gasteiger partial charge in [0, 0.05) is 6.92 Å². The van der Waals surface area contributed by atoms with Gasteiger partial charge in [0.25, 0.3) is 0 Å². The molecule has 0 aromatic carbocycles. The molecular formula is C7H12FNO3. The summed E-state index contributed by atoms with van der Waals surface area (Å²) in [5, 5.41) is 10.7. The molecule has 0 aliphatic carbocycles. The van der Waals surface area contributed by atoms with Crippen LogP contribution < -0.4 is 5.32 Å². The van der Waals surface area contributed by atoms with E-state index in [1.165, 1.54) is 6.92 Å². The third kappa shape index (κ3) is 4.65. The van der Waals surface area contributed by atoms with E-state index in [0.29, 0.717) is 0 Å². The van der Waals surface area contributed by atoms with Crippen LogP contribution in [0.2, 0.25) is 0 Å². The largest absolute Gasteiger partial charge is 0.480 e. The van der Waals surface area contributed by atoms with E-state index in [4.69, 9.17) is 5.11 Å². The van der Waals surface area contributed by atoms with Crippen LogP contribution in [0, 0.1) is 0 Å². The topological polar surface area (TPSA) is 66.4 Å². The van der Waals surface area contributed by atoms with E-state index in [1.807, 2.05) is 0 Å². The number of nitrogens with one attached hydrogen (secondary N) is 1. The molecule has 12 heavy (non-hydrogen) atoms. The Labute approximate surface area is 69.8 Å². The lowest BCUT2D eigenvalue weighted by molar-refractivity contribution is -0.141. The third-order valence-corrected chi connectivity index (χ3v) is 1.30. The lowest BCUT2D eigenvalue weighted by atomic mass is 10.1. The highest BCUT2D eigenvalue weighted by molar-refractivity contribution is 5.81. The van der Waals surface area contributed by atoms with Gasteiger partial charge in [0.15, 0.2) is 0 Å². The third-order valence-electron chi connectivity index (χ3n) is 1.30. The maximum atomic E-state index is 11.6. The van der Waals surface area contributed by atoms with Gasteiger partial charge in [0.05, 0.1) is 6.67 Å². The smallest absolute Gasteiger partial charge is 0.326 e. The zero-order valence-electron chi connectivity index (χ0n) is 6.84. The number of aliphatic carboxylic acids is 1. The normalized spacial score (nSPS) is 12.2. The molecule has 0 saturated heterocycles. The van der Waals surface area contributed by atoms with Gasteiger partial charge in [-0.05, 0) is 12.8 Å². The maximum Gasteiger partial charge on any atom is 0.326 e. The lowest BCUT2D eigenvalue weighted by Gasteiger charge is -2.11. The van der Waals surface area contributed by atoms with E-state index >= 15 is 0 Å².